The van der Waals surface area contributed by atoms with E-state index in [-0.39, 0.29) is 24.5 Å². The van der Waals surface area contributed by atoms with E-state index in [0.29, 0.717) is 17.8 Å². The van der Waals surface area contributed by atoms with Crippen molar-refractivity contribution in [3.05, 3.63) is 17.5 Å². The van der Waals surface area contributed by atoms with Crippen LogP contribution >= 0.6 is 0 Å². The van der Waals surface area contributed by atoms with Crippen LogP contribution in [0.15, 0.2) is 6.20 Å². The molecule has 6 heteroatoms. The van der Waals surface area contributed by atoms with Gasteiger partial charge in [-0.05, 0) is 25.7 Å². The first-order valence-corrected chi connectivity index (χ1v) is 8.55. The zero-order valence-electron chi connectivity index (χ0n) is 14.3. The molecule has 0 radical (unpaired) electrons. The van der Waals surface area contributed by atoms with E-state index in [1.54, 1.807) is 10.9 Å². The monoisotopic (exact) mass is 321 g/mol. The molecule has 1 aliphatic carbocycles. The summed E-state index contributed by atoms with van der Waals surface area (Å²) in [5.41, 5.74) is 1.16. The second kappa shape index (κ2) is 8.13. The molecule has 1 N–H and O–H groups in total. The molecule has 23 heavy (non-hydrogen) atoms. The Balaban J connectivity index is 1.88. The van der Waals surface area contributed by atoms with Crippen molar-refractivity contribution in [1.82, 2.24) is 15.1 Å². The van der Waals surface area contributed by atoms with Crippen LogP contribution in [-0.2, 0) is 16.1 Å². The number of aromatic nitrogens is 2. The lowest BCUT2D eigenvalue weighted by atomic mass is 9.95. The Morgan fingerprint density at radius 2 is 2.04 bits per heavy atom. The maximum absolute atomic E-state index is 12.2. The Hall–Kier alpha value is -1.85. The van der Waals surface area contributed by atoms with Gasteiger partial charge in [-0.3, -0.25) is 9.48 Å². The average Bonchev–Trinajstić information content (AvgIpc) is 2.98. The molecule has 1 aromatic heterocycles. The summed E-state index contributed by atoms with van der Waals surface area (Å²) in [4.78, 5) is 24.2. The highest BCUT2D eigenvalue weighted by molar-refractivity contribution is 5.92. The predicted octanol–water partition coefficient (Wildman–Crippen LogP) is 2.63. The highest BCUT2D eigenvalue weighted by atomic mass is 16.5. The van der Waals surface area contributed by atoms with Crippen LogP contribution in [0.1, 0.15) is 74.8 Å². The van der Waals surface area contributed by atoms with Crippen molar-refractivity contribution in [2.75, 3.05) is 6.61 Å². The number of nitrogens with zero attached hydrogens (tertiary/aromatic N) is 2. The molecule has 128 valence electrons. The molecular formula is C17H27N3O3. The first-order chi connectivity index (χ1) is 11.0. The van der Waals surface area contributed by atoms with Gasteiger partial charge in [-0.15, -0.1) is 0 Å². The lowest BCUT2D eigenvalue weighted by Gasteiger charge is -2.22. The quantitative estimate of drug-likeness (QED) is 0.818. The van der Waals surface area contributed by atoms with Crippen LogP contribution in [-0.4, -0.2) is 34.3 Å². The van der Waals surface area contributed by atoms with Crippen LogP contribution in [0.4, 0.5) is 0 Å². The summed E-state index contributed by atoms with van der Waals surface area (Å²) in [5, 5.41) is 7.33. The molecule has 1 amide bonds. The van der Waals surface area contributed by atoms with Crippen LogP contribution in [0.5, 0.6) is 0 Å². The number of amides is 1. The van der Waals surface area contributed by atoms with Crippen LogP contribution < -0.4 is 5.32 Å². The number of rotatable bonds is 6. The number of hydrogen-bond acceptors (Lipinski definition) is 4. The smallest absolute Gasteiger partial charge is 0.342 e. The molecule has 1 heterocycles. The lowest BCUT2D eigenvalue weighted by molar-refractivity contribution is -0.125. The summed E-state index contributed by atoms with van der Waals surface area (Å²) in [5.74, 6) is -0.576. The van der Waals surface area contributed by atoms with E-state index in [0.717, 1.165) is 25.7 Å². The minimum Gasteiger partial charge on any atom is -0.452 e. The van der Waals surface area contributed by atoms with Crippen molar-refractivity contribution in [2.24, 2.45) is 0 Å². The first kappa shape index (κ1) is 17.5. The van der Waals surface area contributed by atoms with E-state index >= 15 is 0 Å². The van der Waals surface area contributed by atoms with E-state index in [9.17, 15) is 9.59 Å². The fraction of sp³-hybridized carbons (Fsp3) is 0.706. The minimum atomic E-state index is -0.479. The van der Waals surface area contributed by atoms with Crippen LogP contribution in [0.3, 0.4) is 0 Å². The van der Waals surface area contributed by atoms with Crippen LogP contribution in [0.2, 0.25) is 0 Å². The zero-order chi connectivity index (χ0) is 16.8. The highest BCUT2D eigenvalue weighted by Gasteiger charge is 2.21. The van der Waals surface area contributed by atoms with Gasteiger partial charge < -0.3 is 10.1 Å². The van der Waals surface area contributed by atoms with E-state index in [1.807, 2.05) is 20.8 Å². The first-order valence-electron chi connectivity index (χ1n) is 8.55. The largest absolute Gasteiger partial charge is 0.452 e. The maximum atomic E-state index is 12.2. The number of carbonyl (C=O) groups excluding carboxylic acids is 2. The van der Waals surface area contributed by atoms with Gasteiger partial charge in [0, 0.05) is 18.8 Å². The molecule has 0 saturated heterocycles. The van der Waals surface area contributed by atoms with Gasteiger partial charge in [-0.25, -0.2) is 4.79 Å². The molecule has 2 rings (SSSR count). The molecular weight excluding hydrogens is 294 g/mol. The third-order valence-corrected chi connectivity index (χ3v) is 4.19. The standard InChI is InChI=1S/C17H27N3O3/c1-4-20-10-14(16(19-20)12(2)3)17(22)23-11-15(21)18-13-8-6-5-7-9-13/h10,12-13H,4-9,11H2,1-3H3,(H,18,21). The fourth-order valence-electron chi connectivity index (χ4n) is 2.91. The molecule has 0 aromatic carbocycles. The number of carbonyl (C=O) groups is 2. The van der Waals surface area contributed by atoms with Crippen LogP contribution in [0, 0.1) is 0 Å². The Morgan fingerprint density at radius 3 is 2.65 bits per heavy atom. The average molecular weight is 321 g/mol. The van der Waals surface area contributed by atoms with E-state index in [2.05, 4.69) is 10.4 Å². The van der Waals surface area contributed by atoms with Crippen molar-refractivity contribution in [2.45, 2.75) is 71.4 Å². The Morgan fingerprint density at radius 1 is 1.35 bits per heavy atom. The highest BCUT2D eigenvalue weighted by Crippen LogP contribution is 2.19. The van der Waals surface area contributed by atoms with E-state index < -0.39 is 5.97 Å². The van der Waals surface area contributed by atoms with Gasteiger partial charge in [0.1, 0.15) is 5.56 Å². The summed E-state index contributed by atoms with van der Waals surface area (Å²) in [7, 11) is 0. The van der Waals surface area contributed by atoms with Crippen LogP contribution in [0.25, 0.3) is 0 Å². The van der Waals surface area contributed by atoms with Crippen molar-refractivity contribution < 1.29 is 14.3 Å². The van der Waals surface area contributed by atoms with Crippen molar-refractivity contribution in [1.29, 1.82) is 0 Å². The van der Waals surface area contributed by atoms with E-state index in [1.165, 1.54) is 6.42 Å². The maximum Gasteiger partial charge on any atom is 0.342 e. The topological polar surface area (TPSA) is 73.2 Å². The lowest BCUT2D eigenvalue weighted by Crippen LogP contribution is -2.38. The normalized spacial score (nSPS) is 15.7. The third-order valence-electron chi connectivity index (χ3n) is 4.19. The molecule has 1 aromatic rings. The molecule has 0 spiro atoms. The van der Waals surface area contributed by atoms with Gasteiger partial charge in [-0.2, -0.15) is 5.10 Å². The third kappa shape index (κ3) is 4.81. The van der Waals surface area contributed by atoms with Gasteiger partial charge in [0.15, 0.2) is 6.61 Å². The number of esters is 1. The Bertz CT molecular complexity index is 545. The van der Waals surface area contributed by atoms with E-state index in [4.69, 9.17) is 4.74 Å². The Kier molecular flexibility index (Phi) is 6.19. The van der Waals surface area contributed by atoms with Gasteiger partial charge >= 0.3 is 5.97 Å². The molecule has 6 nitrogen and oxygen atoms in total. The second-order valence-corrected chi connectivity index (χ2v) is 6.42. The minimum absolute atomic E-state index is 0.126. The number of nitrogens with one attached hydrogen (secondary N) is 1. The fourth-order valence-corrected chi connectivity index (χ4v) is 2.91. The molecule has 0 bridgehead atoms. The Labute approximate surface area is 137 Å². The van der Waals surface area contributed by atoms with Crippen molar-refractivity contribution in [3.8, 4) is 0 Å². The molecule has 1 saturated carbocycles. The summed E-state index contributed by atoms with van der Waals surface area (Å²) in [6.45, 7) is 6.38. The summed E-state index contributed by atoms with van der Waals surface area (Å²) >= 11 is 0. The SMILES string of the molecule is CCn1cc(C(=O)OCC(=O)NC2CCCCC2)c(C(C)C)n1. The van der Waals surface area contributed by atoms with Gasteiger partial charge in [0.2, 0.25) is 0 Å². The molecule has 0 aliphatic heterocycles. The van der Waals surface area contributed by atoms with Gasteiger partial charge in [-0.1, -0.05) is 33.1 Å². The zero-order valence-corrected chi connectivity index (χ0v) is 14.3. The molecule has 1 aliphatic rings. The van der Waals surface area contributed by atoms with Gasteiger partial charge in [0.25, 0.3) is 5.91 Å². The van der Waals surface area contributed by atoms with Crippen molar-refractivity contribution in [3.63, 3.8) is 0 Å². The summed E-state index contributed by atoms with van der Waals surface area (Å²) in [6.07, 6.45) is 7.26. The summed E-state index contributed by atoms with van der Waals surface area (Å²) < 4.78 is 6.89. The van der Waals surface area contributed by atoms with Crippen molar-refractivity contribution >= 4 is 11.9 Å². The number of ether oxygens (including phenoxy) is 1. The molecule has 0 atom stereocenters. The molecule has 1 fully saturated rings. The molecule has 0 unspecified atom stereocenters. The second-order valence-electron chi connectivity index (χ2n) is 6.42. The predicted molar refractivity (Wildman–Crippen MR) is 87.3 cm³/mol. The number of aryl methyl sites for hydroxylation is 1. The summed E-state index contributed by atoms with van der Waals surface area (Å²) in [6, 6.07) is 0.226. The van der Waals surface area contributed by atoms with Gasteiger partial charge in [0.05, 0.1) is 5.69 Å². The number of hydrogen-bond donors (Lipinski definition) is 1.